The molecule has 0 spiro atoms. The van der Waals surface area contributed by atoms with E-state index in [2.05, 4.69) is 25.7 Å². The maximum atomic E-state index is 13.0. The standard InChI is InChI=1S/C19H27ClFNO2/c1-18(2)7-14-8-19(3,11-18)12-22(14)9-15(23)10-24-17-5-4-13(21)6-16(17)20/h4-6,14-15,23H,7-12H2,1-3H3. The monoisotopic (exact) mass is 355 g/mol. The molecule has 3 rings (SSSR count). The molecule has 0 radical (unpaired) electrons. The Balaban J connectivity index is 1.55. The lowest BCUT2D eigenvalue weighted by atomic mass is 9.65. The molecule has 3 nitrogen and oxygen atoms in total. The second-order valence-corrected chi connectivity index (χ2v) is 9.09. The quantitative estimate of drug-likeness (QED) is 0.862. The lowest BCUT2D eigenvalue weighted by molar-refractivity contribution is 0.0585. The van der Waals surface area contributed by atoms with Gasteiger partial charge in [0.2, 0.25) is 0 Å². The number of nitrogens with zero attached hydrogens (tertiary/aromatic N) is 1. The van der Waals surface area contributed by atoms with Gasteiger partial charge in [-0.15, -0.1) is 0 Å². The van der Waals surface area contributed by atoms with Crippen LogP contribution < -0.4 is 4.74 Å². The molecule has 2 aliphatic rings. The molecule has 1 aliphatic heterocycles. The number of hydrogen-bond donors (Lipinski definition) is 1. The molecule has 3 atom stereocenters. The number of β-amino-alcohol motifs (C(OH)–C–C–N with tert-alkyl or cyclic N) is 1. The summed E-state index contributed by atoms with van der Waals surface area (Å²) < 4.78 is 18.6. The van der Waals surface area contributed by atoms with E-state index in [0.29, 0.717) is 29.2 Å². The Kier molecular flexibility index (Phi) is 4.84. The van der Waals surface area contributed by atoms with Gasteiger partial charge in [0, 0.05) is 19.1 Å². The smallest absolute Gasteiger partial charge is 0.138 e. The summed E-state index contributed by atoms with van der Waals surface area (Å²) in [6, 6.07) is 4.56. The molecule has 2 bridgehead atoms. The van der Waals surface area contributed by atoms with Crippen LogP contribution in [0, 0.1) is 16.6 Å². The Morgan fingerprint density at radius 1 is 1.38 bits per heavy atom. The maximum Gasteiger partial charge on any atom is 0.138 e. The van der Waals surface area contributed by atoms with Crippen LogP contribution in [0.2, 0.25) is 5.02 Å². The van der Waals surface area contributed by atoms with Crippen LogP contribution in [0.4, 0.5) is 4.39 Å². The maximum absolute atomic E-state index is 13.0. The van der Waals surface area contributed by atoms with Crippen LogP contribution in [0.3, 0.4) is 0 Å². The number of rotatable bonds is 5. The van der Waals surface area contributed by atoms with Crippen molar-refractivity contribution in [2.75, 3.05) is 19.7 Å². The van der Waals surface area contributed by atoms with E-state index in [1.165, 1.54) is 37.5 Å². The molecule has 1 aliphatic carbocycles. The van der Waals surface area contributed by atoms with Gasteiger partial charge in [0.05, 0.1) is 5.02 Å². The Labute approximate surface area is 148 Å². The molecule has 2 fully saturated rings. The van der Waals surface area contributed by atoms with Crippen molar-refractivity contribution in [3.63, 3.8) is 0 Å². The van der Waals surface area contributed by atoms with Crippen molar-refractivity contribution in [2.45, 2.75) is 52.2 Å². The van der Waals surface area contributed by atoms with Gasteiger partial charge in [-0.05, 0) is 48.3 Å². The molecule has 1 aromatic rings. The summed E-state index contributed by atoms with van der Waals surface area (Å²) in [5, 5.41) is 10.6. The molecule has 134 valence electrons. The Morgan fingerprint density at radius 2 is 2.12 bits per heavy atom. The zero-order valence-corrected chi connectivity index (χ0v) is 15.4. The first kappa shape index (κ1) is 18.0. The normalized spacial score (nSPS) is 30.3. The first-order valence-electron chi connectivity index (χ1n) is 8.66. The van der Waals surface area contributed by atoms with Crippen molar-refractivity contribution in [1.82, 2.24) is 4.90 Å². The minimum atomic E-state index is -0.586. The summed E-state index contributed by atoms with van der Waals surface area (Å²) in [7, 11) is 0. The van der Waals surface area contributed by atoms with E-state index in [4.69, 9.17) is 16.3 Å². The zero-order chi connectivity index (χ0) is 17.5. The fourth-order valence-electron chi connectivity index (χ4n) is 4.89. The fraction of sp³-hybridized carbons (Fsp3) is 0.684. The van der Waals surface area contributed by atoms with Gasteiger partial charge in [0.1, 0.15) is 24.3 Å². The van der Waals surface area contributed by atoms with Crippen LogP contribution in [0.1, 0.15) is 40.0 Å². The molecule has 24 heavy (non-hydrogen) atoms. The van der Waals surface area contributed by atoms with Gasteiger partial charge in [-0.3, -0.25) is 4.90 Å². The van der Waals surface area contributed by atoms with E-state index in [-0.39, 0.29) is 11.6 Å². The molecule has 3 unspecified atom stereocenters. The number of aliphatic hydroxyl groups is 1. The number of likely N-dealkylation sites (tertiary alicyclic amines) is 1. The van der Waals surface area contributed by atoms with Gasteiger partial charge < -0.3 is 9.84 Å². The highest BCUT2D eigenvalue weighted by Crippen LogP contribution is 2.52. The molecule has 1 saturated carbocycles. The molecular formula is C19H27ClFNO2. The van der Waals surface area contributed by atoms with E-state index >= 15 is 0 Å². The highest BCUT2D eigenvalue weighted by Gasteiger charge is 2.49. The molecular weight excluding hydrogens is 329 g/mol. The van der Waals surface area contributed by atoms with Gasteiger partial charge in [-0.25, -0.2) is 4.39 Å². The second kappa shape index (κ2) is 6.47. The van der Waals surface area contributed by atoms with Crippen LogP contribution in [0.15, 0.2) is 18.2 Å². The molecule has 1 N–H and O–H groups in total. The summed E-state index contributed by atoms with van der Waals surface area (Å²) in [6.45, 7) is 8.86. The van der Waals surface area contributed by atoms with Gasteiger partial charge in [0.15, 0.2) is 0 Å². The number of halogens is 2. The highest BCUT2D eigenvalue weighted by molar-refractivity contribution is 6.32. The molecule has 0 amide bonds. The lowest BCUT2D eigenvalue weighted by Crippen LogP contribution is -2.39. The largest absolute Gasteiger partial charge is 0.489 e. The van der Waals surface area contributed by atoms with Crippen molar-refractivity contribution in [3.05, 3.63) is 29.0 Å². The van der Waals surface area contributed by atoms with Gasteiger partial charge in [-0.2, -0.15) is 0 Å². The van der Waals surface area contributed by atoms with Crippen LogP contribution in [0.25, 0.3) is 0 Å². The third kappa shape index (κ3) is 4.04. The number of ether oxygens (including phenoxy) is 1. The van der Waals surface area contributed by atoms with Crippen LogP contribution in [-0.4, -0.2) is 41.8 Å². The van der Waals surface area contributed by atoms with Crippen molar-refractivity contribution in [3.8, 4) is 5.75 Å². The molecule has 5 heteroatoms. The Bertz CT molecular complexity index is 609. The predicted molar refractivity (Wildman–Crippen MR) is 94.0 cm³/mol. The molecule has 1 saturated heterocycles. The average Bonchev–Trinajstić information content (AvgIpc) is 2.66. The van der Waals surface area contributed by atoms with Crippen molar-refractivity contribution >= 4 is 11.6 Å². The molecule has 1 heterocycles. The summed E-state index contributed by atoms with van der Waals surface area (Å²) in [5.74, 6) is 0.0125. The predicted octanol–water partition coefficient (Wildman–Crippen LogP) is 4.12. The second-order valence-electron chi connectivity index (χ2n) is 8.68. The number of fused-ring (bicyclic) bond motifs is 2. The fourth-order valence-corrected chi connectivity index (χ4v) is 5.11. The average molecular weight is 356 g/mol. The third-order valence-electron chi connectivity index (χ3n) is 5.29. The topological polar surface area (TPSA) is 32.7 Å². The first-order chi connectivity index (χ1) is 11.2. The minimum Gasteiger partial charge on any atom is -0.489 e. The molecule has 0 aromatic heterocycles. The van der Waals surface area contributed by atoms with Gasteiger partial charge >= 0.3 is 0 Å². The van der Waals surface area contributed by atoms with Crippen LogP contribution in [-0.2, 0) is 0 Å². The Hall–Kier alpha value is -0.840. The SMILES string of the molecule is CC1(C)CC2CC(C)(CN2CC(O)COc2ccc(F)cc2Cl)C1. The molecule has 1 aromatic carbocycles. The van der Waals surface area contributed by atoms with E-state index in [1.807, 2.05) is 0 Å². The van der Waals surface area contributed by atoms with Crippen molar-refractivity contribution in [2.24, 2.45) is 10.8 Å². The van der Waals surface area contributed by atoms with Crippen LogP contribution >= 0.6 is 11.6 Å². The van der Waals surface area contributed by atoms with E-state index in [9.17, 15) is 9.50 Å². The highest BCUT2D eigenvalue weighted by atomic mass is 35.5. The van der Waals surface area contributed by atoms with Gasteiger partial charge in [0.25, 0.3) is 0 Å². The summed E-state index contributed by atoms with van der Waals surface area (Å²) >= 11 is 5.95. The van der Waals surface area contributed by atoms with Crippen molar-refractivity contribution in [1.29, 1.82) is 0 Å². The Morgan fingerprint density at radius 3 is 2.83 bits per heavy atom. The summed E-state index contributed by atoms with van der Waals surface area (Å²) in [5.41, 5.74) is 0.725. The lowest BCUT2D eigenvalue weighted by Gasteiger charge is -2.40. The minimum absolute atomic E-state index is 0.161. The number of hydrogen-bond acceptors (Lipinski definition) is 3. The number of aliphatic hydroxyl groups excluding tert-OH is 1. The first-order valence-corrected chi connectivity index (χ1v) is 9.04. The van der Waals surface area contributed by atoms with Crippen LogP contribution in [0.5, 0.6) is 5.75 Å². The van der Waals surface area contributed by atoms with Crippen molar-refractivity contribution < 1.29 is 14.2 Å². The summed E-state index contributed by atoms with van der Waals surface area (Å²) in [6.07, 6.45) is 3.05. The van der Waals surface area contributed by atoms with E-state index < -0.39 is 11.9 Å². The third-order valence-corrected chi connectivity index (χ3v) is 5.59. The van der Waals surface area contributed by atoms with Gasteiger partial charge in [-0.1, -0.05) is 32.4 Å². The van der Waals surface area contributed by atoms with E-state index in [0.717, 1.165) is 6.54 Å². The summed E-state index contributed by atoms with van der Waals surface area (Å²) in [4.78, 5) is 2.41. The van der Waals surface area contributed by atoms with E-state index in [1.54, 1.807) is 0 Å². The zero-order valence-electron chi connectivity index (χ0n) is 14.7. The number of benzene rings is 1.